The molecule has 1 aromatic heterocycles. The second-order valence-electron chi connectivity index (χ2n) is 5.94. The van der Waals surface area contributed by atoms with Crippen LogP contribution in [-0.4, -0.2) is 29.9 Å². The molecule has 0 unspecified atom stereocenters. The summed E-state index contributed by atoms with van der Waals surface area (Å²) >= 11 is 0. The fraction of sp³-hybridized carbons (Fsp3) is 0.278. The lowest BCUT2D eigenvalue weighted by Gasteiger charge is -2.20. The molecule has 2 N–H and O–H groups in total. The Morgan fingerprint density at radius 2 is 1.92 bits per heavy atom. The number of carboxylic acids is 1. The van der Waals surface area contributed by atoms with E-state index in [0.717, 1.165) is 12.8 Å². The summed E-state index contributed by atoms with van der Waals surface area (Å²) in [6.45, 7) is 0.0563. The van der Waals surface area contributed by atoms with Gasteiger partial charge in [0.2, 0.25) is 11.7 Å². The van der Waals surface area contributed by atoms with Gasteiger partial charge in [0.1, 0.15) is 5.76 Å². The molecular formula is C18H18N2O5. The number of rotatable bonds is 6. The maximum absolute atomic E-state index is 12.5. The quantitative estimate of drug-likeness (QED) is 0.839. The van der Waals surface area contributed by atoms with Crippen molar-refractivity contribution in [3.63, 3.8) is 0 Å². The number of aromatic carboxylic acids is 1. The highest BCUT2D eigenvalue weighted by atomic mass is 16.4. The standard InChI is InChI=1S/C18H18N2O5/c1-20(17(22)11-6-7-11)14-5-3-2-4-13(14)16(21)19-10-12-8-9-15(25-12)18(23)24/h2-5,8-9,11H,6-7,10H2,1H3,(H,19,21)(H,23,24). The first-order valence-electron chi connectivity index (χ1n) is 7.94. The van der Waals surface area contributed by atoms with Gasteiger partial charge in [0, 0.05) is 13.0 Å². The molecule has 7 nitrogen and oxygen atoms in total. The van der Waals surface area contributed by atoms with Gasteiger partial charge in [-0.05, 0) is 37.1 Å². The summed E-state index contributed by atoms with van der Waals surface area (Å²) in [4.78, 5) is 37.0. The first-order chi connectivity index (χ1) is 12.0. The lowest BCUT2D eigenvalue weighted by molar-refractivity contribution is -0.119. The van der Waals surface area contributed by atoms with Crippen molar-refractivity contribution in [2.24, 2.45) is 5.92 Å². The van der Waals surface area contributed by atoms with E-state index in [1.807, 2.05) is 0 Å². The number of nitrogens with zero attached hydrogens (tertiary/aromatic N) is 1. The second-order valence-corrected chi connectivity index (χ2v) is 5.94. The average Bonchev–Trinajstić information content (AvgIpc) is 3.35. The van der Waals surface area contributed by atoms with Gasteiger partial charge in [0.15, 0.2) is 0 Å². The zero-order valence-electron chi connectivity index (χ0n) is 13.7. The zero-order chi connectivity index (χ0) is 18.0. The van der Waals surface area contributed by atoms with Crippen molar-refractivity contribution in [2.45, 2.75) is 19.4 Å². The predicted octanol–water partition coefficient (Wildman–Crippen LogP) is 2.28. The number of furan rings is 1. The van der Waals surface area contributed by atoms with Gasteiger partial charge in [-0.2, -0.15) is 0 Å². The minimum Gasteiger partial charge on any atom is -0.475 e. The number of carboxylic acid groups (broad SMARTS) is 1. The maximum Gasteiger partial charge on any atom is 0.371 e. The Labute approximate surface area is 144 Å². The van der Waals surface area contributed by atoms with Crippen LogP contribution in [0.5, 0.6) is 0 Å². The number of amides is 2. The van der Waals surface area contributed by atoms with Crippen LogP contribution in [0.3, 0.4) is 0 Å². The lowest BCUT2D eigenvalue weighted by Crippen LogP contribution is -2.31. The lowest BCUT2D eigenvalue weighted by atomic mass is 10.1. The summed E-state index contributed by atoms with van der Waals surface area (Å²) in [6, 6.07) is 9.70. The van der Waals surface area contributed by atoms with Gasteiger partial charge in [0.25, 0.3) is 5.91 Å². The van der Waals surface area contributed by atoms with Crippen molar-refractivity contribution in [1.82, 2.24) is 5.32 Å². The van der Waals surface area contributed by atoms with E-state index in [1.54, 1.807) is 31.3 Å². The molecule has 0 saturated heterocycles. The Kier molecular flexibility index (Phi) is 4.56. The number of nitrogens with one attached hydrogen (secondary N) is 1. The Balaban J connectivity index is 1.71. The highest BCUT2D eigenvalue weighted by molar-refractivity contribution is 6.05. The van der Waals surface area contributed by atoms with Gasteiger partial charge in [-0.3, -0.25) is 9.59 Å². The molecule has 0 bridgehead atoms. The molecule has 1 aromatic carbocycles. The summed E-state index contributed by atoms with van der Waals surface area (Å²) in [5.74, 6) is -1.30. The normalized spacial score (nSPS) is 13.3. The summed E-state index contributed by atoms with van der Waals surface area (Å²) in [5.41, 5.74) is 0.923. The molecule has 1 aliphatic carbocycles. The molecule has 0 radical (unpaired) electrons. The Morgan fingerprint density at radius 3 is 2.56 bits per heavy atom. The molecule has 1 heterocycles. The highest BCUT2D eigenvalue weighted by Gasteiger charge is 2.33. The van der Waals surface area contributed by atoms with Crippen LogP contribution in [-0.2, 0) is 11.3 Å². The molecule has 25 heavy (non-hydrogen) atoms. The van der Waals surface area contributed by atoms with Gasteiger partial charge in [0.05, 0.1) is 17.8 Å². The molecule has 0 aliphatic heterocycles. The van der Waals surface area contributed by atoms with E-state index in [0.29, 0.717) is 17.0 Å². The van der Waals surface area contributed by atoms with Crippen LogP contribution in [0.1, 0.15) is 39.5 Å². The average molecular weight is 342 g/mol. The summed E-state index contributed by atoms with van der Waals surface area (Å²) in [7, 11) is 1.67. The molecule has 2 amide bonds. The third-order valence-electron chi connectivity index (χ3n) is 4.06. The van der Waals surface area contributed by atoms with Crippen LogP contribution in [0.25, 0.3) is 0 Å². The van der Waals surface area contributed by atoms with E-state index in [2.05, 4.69) is 5.32 Å². The number of benzene rings is 1. The molecule has 0 spiro atoms. The molecule has 1 saturated carbocycles. The van der Waals surface area contributed by atoms with E-state index in [-0.39, 0.29) is 30.0 Å². The molecule has 2 aromatic rings. The van der Waals surface area contributed by atoms with Crippen molar-refractivity contribution in [1.29, 1.82) is 0 Å². The molecule has 0 atom stereocenters. The SMILES string of the molecule is CN(C(=O)C1CC1)c1ccccc1C(=O)NCc1ccc(C(=O)O)o1. The third-order valence-corrected chi connectivity index (χ3v) is 4.06. The fourth-order valence-corrected chi connectivity index (χ4v) is 2.53. The molecule has 3 rings (SSSR count). The van der Waals surface area contributed by atoms with Gasteiger partial charge in [-0.25, -0.2) is 4.79 Å². The van der Waals surface area contributed by atoms with Crippen LogP contribution >= 0.6 is 0 Å². The molecule has 130 valence electrons. The third kappa shape index (κ3) is 3.71. The van der Waals surface area contributed by atoms with Crippen LogP contribution in [0.15, 0.2) is 40.8 Å². The van der Waals surface area contributed by atoms with Crippen LogP contribution in [0.4, 0.5) is 5.69 Å². The molecule has 7 heteroatoms. The van der Waals surface area contributed by atoms with Gasteiger partial charge in [-0.15, -0.1) is 0 Å². The van der Waals surface area contributed by atoms with Crippen LogP contribution in [0, 0.1) is 5.92 Å². The van der Waals surface area contributed by atoms with Gasteiger partial charge < -0.3 is 19.7 Å². The fourth-order valence-electron chi connectivity index (χ4n) is 2.53. The van der Waals surface area contributed by atoms with Crippen LogP contribution in [0.2, 0.25) is 0 Å². The molecule has 1 aliphatic rings. The predicted molar refractivity (Wildman–Crippen MR) is 89.4 cm³/mol. The number of carbonyl (C=O) groups excluding carboxylic acids is 2. The Bertz CT molecular complexity index is 822. The van der Waals surface area contributed by atoms with E-state index in [9.17, 15) is 14.4 Å². The molecule has 1 fully saturated rings. The summed E-state index contributed by atoms with van der Waals surface area (Å²) in [6.07, 6.45) is 1.78. The summed E-state index contributed by atoms with van der Waals surface area (Å²) < 4.78 is 5.11. The smallest absolute Gasteiger partial charge is 0.371 e. The minimum absolute atomic E-state index is 0.0115. The van der Waals surface area contributed by atoms with Crippen LogP contribution < -0.4 is 10.2 Å². The van der Waals surface area contributed by atoms with Crippen molar-refractivity contribution in [2.75, 3.05) is 11.9 Å². The van der Waals surface area contributed by atoms with Gasteiger partial charge >= 0.3 is 5.97 Å². The van der Waals surface area contributed by atoms with Crippen molar-refractivity contribution < 1.29 is 23.9 Å². The Morgan fingerprint density at radius 1 is 1.20 bits per heavy atom. The number of anilines is 1. The largest absolute Gasteiger partial charge is 0.475 e. The van der Waals surface area contributed by atoms with E-state index in [1.165, 1.54) is 17.0 Å². The summed E-state index contributed by atoms with van der Waals surface area (Å²) in [5, 5.41) is 11.5. The number of hydrogen-bond donors (Lipinski definition) is 2. The topological polar surface area (TPSA) is 99.9 Å². The van der Waals surface area contributed by atoms with Crippen molar-refractivity contribution in [3.8, 4) is 0 Å². The minimum atomic E-state index is -1.16. The Hall–Kier alpha value is -3.09. The van der Waals surface area contributed by atoms with Crippen molar-refractivity contribution >= 4 is 23.5 Å². The number of para-hydroxylation sites is 1. The van der Waals surface area contributed by atoms with E-state index >= 15 is 0 Å². The zero-order valence-corrected chi connectivity index (χ0v) is 13.7. The number of hydrogen-bond acceptors (Lipinski definition) is 4. The van der Waals surface area contributed by atoms with E-state index < -0.39 is 5.97 Å². The monoisotopic (exact) mass is 342 g/mol. The van der Waals surface area contributed by atoms with E-state index in [4.69, 9.17) is 9.52 Å². The number of carbonyl (C=O) groups is 3. The first kappa shape index (κ1) is 16.8. The first-order valence-corrected chi connectivity index (χ1v) is 7.94. The molecular weight excluding hydrogens is 324 g/mol. The van der Waals surface area contributed by atoms with Gasteiger partial charge in [-0.1, -0.05) is 12.1 Å². The highest BCUT2D eigenvalue weighted by Crippen LogP contribution is 2.33. The second kappa shape index (κ2) is 6.80. The van der Waals surface area contributed by atoms with Crippen molar-refractivity contribution in [3.05, 3.63) is 53.5 Å². The maximum atomic E-state index is 12.5.